The molecule has 2 rings (SSSR count). The number of hydrazone groups is 1. The number of anilines is 1. The molecule has 0 spiro atoms. The number of carbonyl (C=O) groups excluding carboxylic acids is 1. The molecule has 3 heteroatoms. The number of rotatable bonds is 1. The zero-order valence-electron chi connectivity index (χ0n) is 8.32. The summed E-state index contributed by atoms with van der Waals surface area (Å²) < 4.78 is 0. The van der Waals surface area contributed by atoms with Gasteiger partial charge >= 0.3 is 0 Å². The molecular weight excluding hydrogens is 176 g/mol. The van der Waals surface area contributed by atoms with Crippen molar-refractivity contribution in [3.8, 4) is 0 Å². The minimum Gasteiger partial charge on any atom is -0.272 e. The van der Waals surface area contributed by atoms with Gasteiger partial charge in [0.1, 0.15) is 0 Å². The lowest BCUT2D eigenvalue weighted by Crippen LogP contribution is -2.21. The van der Waals surface area contributed by atoms with Gasteiger partial charge in [0, 0.05) is 6.21 Å². The summed E-state index contributed by atoms with van der Waals surface area (Å²) in [5.41, 5.74) is 3.08. The van der Waals surface area contributed by atoms with Gasteiger partial charge in [0.15, 0.2) is 0 Å². The van der Waals surface area contributed by atoms with E-state index in [0.29, 0.717) is 6.42 Å². The fourth-order valence-corrected chi connectivity index (χ4v) is 1.67. The van der Waals surface area contributed by atoms with Crippen LogP contribution < -0.4 is 5.01 Å². The minimum atomic E-state index is 0.0439. The number of nitrogens with zero attached hydrogens (tertiary/aromatic N) is 2. The summed E-state index contributed by atoms with van der Waals surface area (Å²) in [5, 5.41) is 5.56. The average molecular weight is 188 g/mol. The molecule has 0 bridgehead atoms. The summed E-state index contributed by atoms with van der Waals surface area (Å²) in [6.07, 6.45) is 2.06. The summed E-state index contributed by atoms with van der Waals surface area (Å²) in [6.45, 7) is 3.98. The summed E-state index contributed by atoms with van der Waals surface area (Å²) in [4.78, 5) is 11.5. The van der Waals surface area contributed by atoms with Crippen molar-refractivity contribution in [3.05, 3.63) is 29.3 Å². The van der Waals surface area contributed by atoms with Gasteiger partial charge in [0.25, 0.3) is 5.91 Å². The number of hydrogen-bond donors (Lipinski definition) is 0. The van der Waals surface area contributed by atoms with Crippen molar-refractivity contribution in [2.75, 3.05) is 5.01 Å². The second-order valence-electron chi connectivity index (χ2n) is 3.45. The molecule has 0 aliphatic carbocycles. The third-order valence-electron chi connectivity index (χ3n) is 2.35. The Morgan fingerprint density at radius 2 is 1.93 bits per heavy atom. The van der Waals surface area contributed by atoms with Crippen LogP contribution in [0.25, 0.3) is 0 Å². The maximum Gasteiger partial charge on any atom is 0.252 e. The highest BCUT2D eigenvalue weighted by molar-refractivity contribution is 6.06. The predicted molar refractivity (Wildman–Crippen MR) is 56.5 cm³/mol. The molecule has 14 heavy (non-hydrogen) atoms. The fourth-order valence-electron chi connectivity index (χ4n) is 1.67. The van der Waals surface area contributed by atoms with E-state index in [1.807, 2.05) is 32.0 Å². The third kappa shape index (κ3) is 1.31. The van der Waals surface area contributed by atoms with Crippen LogP contribution in [-0.2, 0) is 4.79 Å². The first-order chi connectivity index (χ1) is 6.70. The SMILES string of the molecule is Cc1cccc(C)c1N1N=CCC1=O. The van der Waals surface area contributed by atoms with Gasteiger partial charge in [-0.1, -0.05) is 18.2 Å². The molecule has 1 aromatic carbocycles. The number of carbonyl (C=O) groups is 1. The molecule has 1 amide bonds. The van der Waals surface area contributed by atoms with Gasteiger partial charge in [-0.3, -0.25) is 4.79 Å². The Hall–Kier alpha value is -1.64. The molecule has 0 atom stereocenters. The highest BCUT2D eigenvalue weighted by Crippen LogP contribution is 2.26. The van der Waals surface area contributed by atoms with Crippen LogP contribution in [-0.4, -0.2) is 12.1 Å². The number of aryl methyl sites for hydroxylation is 2. The molecule has 0 fully saturated rings. The minimum absolute atomic E-state index is 0.0439. The van der Waals surface area contributed by atoms with Crippen LogP contribution in [0.4, 0.5) is 5.69 Å². The van der Waals surface area contributed by atoms with Crippen LogP contribution in [0, 0.1) is 13.8 Å². The molecule has 0 radical (unpaired) electrons. The first-order valence-electron chi connectivity index (χ1n) is 4.62. The number of para-hydroxylation sites is 1. The van der Waals surface area contributed by atoms with E-state index in [4.69, 9.17) is 0 Å². The Balaban J connectivity index is 2.50. The maximum absolute atomic E-state index is 11.5. The van der Waals surface area contributed by atoms with Gasteiger partial charge in [-0.25, -0.2) is 5.01 Å². The van der Waals surface area contributed by atoms with E-state index in [9.17, 15) is 4.79 Å². The summed E-state index contributed by atoms with van der Waals surface area (Å²) in [5.74, 6) is 0.0439. The van der Waals surface area contributed by atoms with Crippen LogP contribution in [0.3, 0.4) is 0 Å². The van der Waals surface area contributed by atoms with Crippen LogP contribution in [0.1, 0.15) is 17.5 Å². The molecule has 0 N–H and O–H groups in total. The summed E-state index contributed by atoms with van der Waals surface area (Å²) in [6, 6.07) is 5.96. The monoisotopic (exact) mass is 188 g/mol. The lowest BCUT2D eigenvalue weighted by molar-refractivity contribution is -0.116. The van der Waals surface area contributed by atoms with Gasteiger partial charge in [-0.05, 0) is 25.0 Å². The molecular formula is C11H12N2O. The topological polar surface area (TPSA) is 32.7 Å². The Kier molecular flexibility index (Phi) is 2.08. The van der Waals surface area contributed by atoms with Crippen molar-refractivity contribution in [2.45, 2.75) is 20.3 Å². The molecule has 0 saturated heterocycles. The smallest absolute Gasteiger partial charge is 0.252 e. The Morgan fingerprint density at radius 3 is 2.43 bits per heavy atom. The molecule has 0 saturated carbocycles. The van der Waals surface area contributed by atoms with E-state index in [1.165, 1.54) is 5.01 Å². The second kappa shape index (κ2) is 3.25. The molecule has 3 nitrogen and oxygen atoms in total. The summed E-state index contributed by atoms with van der Waals surface area (Å²) >= 11 is 0. The van der Waals surface area contributed by atoms with Crippen molar-refractivity contribution < 1.29 is 4.79 Å². The van der Waals surface area contributed by atoms with E-state index >= 15 is 0 Å². The van der Waals surface area contributed by atoms with E-state index in [-0.39, 0.29) is 5.91 Å². The van der Waals surface area contributed by atoms with E-state index in [0.717, 1.165) is 16.8 Å². The van der Waals surface area contributed by atoms with Crippen molar-refractivity contribution in [2.24, 2.45) is 5.10 Å². The van der Waals surface area contributed by atoms with Crippen molar-refractivity contribution >= 4 is 17.8 Å². The largest absolute Gasteiger partial charge is 0.272 e. The first-order valence-corrected chi connectivity index (χ1v) is 4.62. The standard InChI is InChI=1S/C11H12N2O/c1-8-4-3-5-9(2)11(8)13-10(14)6-7-12-13/h3-5,7H,6H2,1-2H3. The zero-order chi connectivity index (χ0) is 10.1. The lowest BCUT2D eigenvalue weighted by Gasteiger charge is -2.17. The maximum atomic E-state index is 11.5. The Morgan fingerprint density at radius 1 is 1.29 bits per heavy atom. The molecule has 72 valence electrons. The summed E-state index contributed by atoms with van der Waals surface area (Å²) in [7, 11) is 0. The number of benzene rings is 1. The third-order valence-corrected chi connectivity index (χ3v) is 2.35. The number of amides is 1. The Bertz CT molecular complexity index is 389. The van der Waals surface area contributed by atoms with Crippen molar-refractivity contribution in [1.29, 1.82) is 0 Å². The average Bonchev–Trinajstić information content (AvgIpc) is 2.52. The molecule has 1 aliphatic rings. The van der Waals surface area contributed by atoms with Crippen molar-refractivity contribution in [1.82, 2.24) is 0 Å². The fraction of sp³-hybridized carbons (Fsp3) is 0.273. The first kappa shape index (κ1) is 8.94. The van der Waals surface area contributed by atoms with Crippen molar-refractivity contribution in [3.63, 3.8) is 0 Å². The van der Waals surface area contributed by atoms with Crippen LogP contribution >= 0.6 is 0 Å². The normalized spacial score (nSPS) is 15.3. The van der Waals surface area contributed by atoms with Gasteiger partial charge in [-0.15, -0.1) is 0 Å². The van der Waals surface area contributed by atoms with E-state index < -0.39 is 0 Å². The van der Waals surface area contributed by atoms with Crippen LogP contribution in [0.5, 0.6) is 0 Å². The molecule has 1 aliphatic heterocycles. The quantitative estimate of drug-likeness (QED) is 0.663. The van der Waals surface area contributed by atoms with Gasteiger partial charge < -0.3 is 0 Å². The van der Waals surface area contributed by atoms with Crippen LogP contribution in [0.2, 0.25) is 0 Å². The molecule has 1 aromatic rings. The van der Waals surface area contributed by atoms with E-state index in [1.54, 1.807) is 6.21 Å². The predicted octanol–water partition coefficient (Wildman–Crippen LogP) is 2.03. The highest BCUT2D eigenvalue weighted by Gasteiger charge is 2.21. The molecule has 0 aromatic heterocycles. The van der Waals surface area contributed by atoms with Gasteiger partial charge in [0.05, 0.1) is 12.1 Å². The lowest BCUT2D eigenvalue weighted by atomic mass is 10.1. The Labute approximate surface area is 83.0 Å². The van der Waals surface area contributed by atoms with Gasteiger partial charge in [-0.2, -0.15) is 5.10 Å². The number of hydrogen-bond acceptors (Lipinski definition) is 2. The highest BCUT2D eigenvalue weighted by atomic mass is 16.2. The zero-order valence-corrected chi connectivity index (χ0v) is 8.32. The molecule has 1 heterocycles. The molecule has 0 unspecified atom stereocenters. The second-order valence-corrected chi connectivity index (χ2v) is 3.45. The van der Waals surface area contributed by atoms with Crippen LogP contribution in [0.15, 0.2) is 23.3 Å². The van der Waals surface area contributed by atoms with Gasteiger partial charge in [0.2, 0.25) is 0 Å². The van der Waals surface area contributed by atoms with E-state index in [2.05, 4.69) is 5.10 Å².